The summed E-state index contributed by atoms with van der Waals surface area (Å²) in [6.45, 7) is 7.60. The molecule has 1 heterocycles. The second-order valence-electron chi connectivity index (χ2n) is 4.08. The van der Waals surface area contributed by atoms with Crippen molar-refractivity contribution in [2.75, 3.05) is 0 Å². The Morgan fingerprint density at radius 1 is 1.69 bits per heavy atom. The van der Waals surface area contributed by atoms with E-state index in [0.29, 0.717) is 0 Å². The Hall–Kier alpha value is -0.770. The molecule has 2 N–H and O–H groups in total. The van der Waals surface area contributed by atoms with Crippen molar-refractivity contribution in [2.24, 2.45) is 0 Å². The van der Waals surface area contributed by atoms with Crippen molar-refractivity contribution in [3.05, 3.63) is 0 Å². The van der Waals surface area contributed by atoms with Crippen molar-refractivity contribution in [2.45, 2.75) is 51.9 Å². The van der Waals surface area contributed by atoms with Crippen LogP contribution in [-0.2, 0) is 0 Å². The van der Waals surface area contributed by atoms with Gasteiger partial charge in [-0.05, 0) is 27.2 Å². The fourth-order valence-electron chi connectivity index (χ4n) is 1.58. The van der Waals surface area contributed by atoms with Gasteiger partial charge in [0.25, 0.3) is 0 Å². The fourth-order valence-corrected chi connectivity index (χ4v) is 1.58. The summed E-state index contributed by atoms with van der Waals surface area (Å²) in [6, 6.07) is -0.143. The molecule has 0 radical (unpaired) electrons. The standard InChI is InChI=1S/C9H18N2O2/c1-5-9(4)7(12)11(6(2)3)8(13)10-9/h6-7,12H,5H2,1-4H3,(H,10,13)/t7?,9-/m1/s1. The Bertz CT molecular complexity index is 218. The van der Waals surface area contributed by atoms with Crippen LogP contribution in [0.15, 0.2) is 0 Å². The number of carbonyl (C=O) groups is 1. The quantitative estimate of drug-likeness (QED) is 0.673. The van der Waals surface area contributed by atoms with Crippen LogP contribution in [-0.4, -0.2) is 33.8 Å². The van der Waals surface area contributed by atoms with Crippen LogP contribution < -0.4 is 5.32 Å². The van der Waals surface area contributed by atoms with Gasteiger partial charge in [0.2, 0.25) is 0 Å². The number of amides is 2. The van der Waals surface area contributed by atoms with E-state index in [0.717, 1.165) is 6.42 Å². The second kappa shape index (κ2) is 3.18. The monoisotopic (exact) mass is 186 g/mol. The molecule has 2 amide bonds. The van der Waals surface area contributed by atoms with Gasteiger partial charge in [-0.3, -0.25) is 4.90 Å². The lowest BCUT2D eigenvalue weighted by molar-refractivity contribution is -0.00660. The van der Waals surface area contributed by atoms with Gasteiger partial charge in [-0.1, -0.05) is 6.92 Å². The van der Waals surface area contributed by atoms with Crippen molar-refractivity contribution in [3.63, 3.8) is 0 Å². The molecule has 0 aliphatic carbocycles. The lowest BCUT2D eigenvalue weighted by atomic mass is 9.98. The Labute approximate surface area is 78.9 Å². The van der Waals surface area contributed by atoms with E-state index < -0.39 is 11.8 Å². The van der Waals surface area contributed by atoms with E-state index in [2.05, 4.69) is 5.32 Å². The zero-order valence-electron chi connectivity index (χ0n) is 8.66. The first-order chi connectivity index (χ1) is 5.92. The molecule has 1 aliphatic rings. The van der Waals surface area contributed by atoms with Gasteiger partial charge in [0.05, 0.1) is 5.54 Å². The molecule has 0 aromatic heterocycles. The molecular formula is C9H18N2O2. The molecule has 1 aliphatic heterocycles. The van der Waals surface area contributed by atoms with Crippen LogP contribution in [0.25, 0.3) is 0 Å². The summed E-state index contributed by atoms with van der Waals surface area (Å²) in [5.41, 5.74) is -0.499. The predicted octanol–water partition coefficient (Wildman–Crippen LogP) is 0.907. The van der Waals surface area contributed by atoms with E-state index in [9.17, 15) is 9.90 Å². The minimum atomic E-state index is -0.718. The maximum Gasteiger partial charge on any atom is 0.320 e. The number of hydrogen-bond acceptors (Lipinski definition) is 2. The highest BCUT2D eigenvalue weighted by Crippen LogP contribution is 2.26. The number of carbonyl (C=O) groups excluding carboxylic acids is 1. The van der Waals surface area contributed by atoms with E-state index >= 15 is 0 Å². The third-order valence-electron chi connectivity index (χ3n) is 2.75. The number of rotatable bonds is 2. The molecule has 76 valence electrons. The van der Waals surface area contributed by atoms with Crippen molar-refractivity contribution in [1.29, 1.82) is 0 Å². The van der Waals surface area contributed by atoms with Crippen LogP contribution in [0.4, 0.5) is 4.79 Å². The zero-order valence-corrected chi connectivity index (χ0v) is 8.66. The van der Waals surface area contributed by atoms with Crippen LogP contribution in [0.1, 0.15) is 34.1 Å². The average Bonchev–Trinajstić information content (AvgIpc) is 2.24. The minimum absolute atomic E-state index is 0.0309. The van der Waals surface area contributed by atoms with Crippen molar-refractivity contribution in [1.82, 2.24) is 10.2 Å². The Kier molecular flexibility index (Phi) is 2.52. The molecule has 4 heteroatoms. The summed E-state index contributed by atoms with van der Waals surface area (Å²) >= 11 is 0. The highest BCUT2D eigenvalue weighted by atomic mass is 16.3. The number of aliphatic hydroxyl groups is 1. The number of aliphatic hydroxyl groups excluding tert-OH is 1. The number of urea groups is 1. The molecule has 1 rings (SSSR count). The largest absolute Gasteiger partial charge is 0.371 e. The summed E-state index contributed by atoms with van der Waals surface area (Å²) in [6.07, 6.45) is 0.00773. The molecule has 1 saturated heterocycles. The summed E-state index contributed by atoms with van der Waals surface area (Å²) in [7, 11) is 0. The normalized spacial score (nSPS) is 34.2. The first kappa shape index (κ1) is 10.3. The first-order valence-corrected chi connectivity index (χ1v) is 4.71. The molecule has 0 saturated carbocycles. The molecule has 0 aromatic rings. The lowest BCUT2D eigenvalue weighted by Gasteiger charge is -2.30. The molecule has 0 bridgehead atoms. The fraction of sp³-hybridized carbons (Fsp3) is 0.889. The summed E-state index contributed by atoms with van der Waals surface area (Å²) in [4.78, 5) is 12.9. The maximum atomic E-state index is 11.5. The zero-order chi connectivity index (χ0) is 10.2. The van der Waals surface area contributed by atoms with Gasteiger partial charge in [-0.2, -0.15) is 0 Å². The highest BCUT2D eigenvalue weighted by Gasteiger charge is 2.46. The smallest absolute Gasteiger partial charge is 0.320 e. The molecule has 0 aromatic carbocycles. The van der Waals surface area contributed by atoms with Crippen LogP contribution in [0.2, 0.25) is 0 Å². The molecule has 4 nitrogen and oxygen atoms in total. The van der Waals surface area contributed by atoms with Gasteiger partial charge >= 0.3 is 6.03 Å². The Balaban J connectivity index is 2.87. The first-order valence-electron chi connectivity index (χ1n) is 4.71. The molecule has 1 fully saturated rings. The van der Waals surface area contributed by atoms with E-state index in [1.165, 1.54) is 4.90 Å². The van der Waals surface area contributed by atoms with Gasteiger partial charge in [-0.25, -0.2) is 4.79 Å². The Morgan fingerprint density at radius 2 is 2.23 bits per heavy atom. The van der Waals surface area contributed by atoms with Crippen LogP contribution in [0.5, 0.6) is 0 Å². The summed E-state index contributed by atoms with van der Waals surface area (Å²) < 4.78 is 0. The SMILES string of the molecule is CC[C@@]1(C)NC(=O)N(C(C)C)C1O. The Morgan fingerprint density at radius 3 is 2.46 bits per heavy atom. The van der Waals surface area contributed by atoms with Gasteiger partial charge in [-0.15, -0.1) is 0 Å². The lowest BCUT2D eigenvalue weighted by Crippen LogP contribution is -2.47. The highest BCUT2D eigenvalue weighted by molar-refractivity contribution is 5.78. The van der Waals surface area contributed by atoms with Gasteiger partial charge < -0.3 is 10.4 Å². The van der Waals surface area contributed by atoms with Crippen molar-refractivity contribution in [3.8, 4) is 0 Å². The van der Waals surface area contributed by atoms with Gasteiger partial charge in [0, 0.05) is 6.04 Å². The molecule has 13 heavy (non-hydrogen) atoms. The molecule has 1 unspecified atom stereocenters. The third kappa shape index (κ3) is 1.50. The number of nitrogens with zero attached hydrogens (tertiary/aromatic N) is 1. The third-order valence-corrected chi connectivity index (χ3v) is 2.75. The topological polar surface area (TPSA) is 52.6 Å². The van der Waals surface area contributed by atoms with E-state index in [1.807, 2.05) is 27.7 Å². The molecular weight excluding hydrogens is 168 g/mol. The van der Waals surface area contributed by atoms with Crippen LogP contribution in [0.3, 0.4) is 0 Å². The van der Waals surface area contributed by atoms with Crippen molar-refractivity contribution >= 4 is 6.03 Å². The summed E-state index contributed by atoms with van der Waals surface area (Å²) in [5, 5.41) is 12.7. The minimum Gasteiger partial charge on any atom is -0.371 e. The van der Waals surface area contributed by atoms with Gasteiger partial charge in [0.15, 0.2) is 6.23 Å². The van der Waals surface area contributed by atoms with Crippen LogP contribution >= 0.6 is 0 Å². The average molecular weight is 186 g/mol. The van der Waals surface area contributed by atoms with E-state index in [-0.39, 0.29) is 12.1 Å². The second-order valence-corrected chi connectivity index (χ2v) is 4.08. The molecule has 2 atom stereocenters. The van der Waals surface area contributed by atoms with E-state index in [4.69, 9.17) is 0 Å². The van der Waals surface area contributed by atoms with E-state index in [1.54, 1.807) is 0 Å². The maximum absolute atomic E-state index is 11.5. The number of nitrogens with one attached hydrogen (secondary N) is 1. The molecule has 0 spiro atoms. The van der Waals surface area contributed by atoms with Crippen LogP contribution in [0, 0.1) is 0 Å². The summed E-state index contributed by atoms with van der Waals surface area (Å²) in [5.74, 6) is 0. The number of hydrogen-bond donors (Lipinski definition) is 2. The van der Waals surface area contributed by atoms with Crippen molar-refractivity contribution < 1.29 is 9.90 Å². The van der Waals surface area contributed by atoms with Gasteiger partial charge in [0.1, 0.15) is 0 Å². The predicted molar refractivity (Wildman–Crippen MR) is 50.2 cm³/mol.